The van der Waals surface area contributed by atoms with Gasteiger partial charge in [0.1, 0.15) is 5.75 Å². The number of hydrogen-bond acceptors (Lipinski definition) is 3. The second-order valence-electron chi connectivity index (χ2n) is 4.95. The lowest BCUT2D eigenvalue weighted by atomic mass is 10.2. The molecule has 118 valence electrons. The minimum atomic E-state index is -3.41. The van der Waals surface area contributed by atoms with E-state index >= 15 is 0 Å². The highest BCUT2D eigenvalue weighted by atomic mass is 35.5. The van der Waals surface area contributed by atoms with Gasteiger partial charge >= 0.3 is 0 Å². The SMILES string of the molecule is COc1ccccc1CN(C)S(=O)(=O)Cc1ccc(Cl)cc1. The number of benzene rings is 2. The lowest BCUT2D eigenvalue weighted by molar-refractivity contribution is 0.398. The van der Waals surface area contributed by atoms with Crippen molar-refractivity contribution in [1.29, 1.82) is 0 Å². The summed E-state index contributed by atoms with van der Waals surface area (Å²) in [4.78, 5) is 0. The lowest BCUT2D eigenvalue weighted by Crippen LogP contribution is -2.27. The summed E-state index contributed by atoms with van der Waals surface area (Å²) in [7, 11) is -0.277. The number of para-hydroxylation sites is 1. The number of methoxy groups -OCH3 is 1. The predicted molar refractivity (Wildman–Crippen MR) is 88.5 cm³/mol. The minimum Gasteiger partial charge on any atom is -0.496 e. The first kappa shape index (κ1) is 16.8. The molecule has 0 saturated carbocycles. The Morgan fingerprint density at radius 1 is 1.09 bits per heavy atom. The van der Waals surface area contributed by atoms with Crippen LogP contribution in [-0.2, 0) is 22.3 Å². The molecule has 0 radical (unpaired) electrons. The summed E-state index contributed by atoms with van der Waals surface area (Å²) in [6.45, 7) is 0.264. The van der Waals surface area contributed by atoms with Crippen molar-refractivity contribution in [3.8, 4) is 5.75 Å². The molecule has 0 amide bonds. The molecule has 2 aromatic rings. The summed E-state index contributed by atoms with van der Waals surface area (Å²) in [5.74, 6) is 0.617. The van der Waals surface area contributed by atoms with Crippen molar-refractivity contribution < 1.29 is 13.2 Å². The summed E-state index contributed by atoms with van der Waals surface area (Å²) in [6.07, 6.45) is 0. The highest BCUT2D eigenvalue weighted by Crippen LogP contribution is 2.21. The number of ether oxygens (including phenoxy) is 1. The van der Waals surface area contributed by atoms with Crippen LogP contribution in [-0.4, -0.2) is 26.9 Å². The second-order valence-corrected chi connectivity index (χ2v) is 7.46. The molecule has 4 nitrogen and oxygen atoms in total. The van der Waals surface area contributed by atoms with E-state index in [0.717, 1.165) is 5.56 Å². The van der Waals surface area contributed by atoms with E-state index in [1.54, 1.807) is 38.4 Å². The van der Waals surface area contributed by atoms with Crippen molar-refractivity contribution in [2.45, 2.75) is 12.3 Å². The molecule has 0 unspecified atom stereocenters. The summed E-state index contributed by atoms with van der Waals surface area (Å²) in [5, 5.41) is 0.587. The Balaban J connectivity index is 2.13. The maximum atomic E-state index is 12.4. The molecule has 0 aliphatic heterocycles. The zero-order valence-corrected chi connectivity index (χ0v) is 14.1. The molecule has 0 saturated heterocycles. The normalized spacial score (nSPS) is 11.6. The fraction of sp³-hybridized carbons (Fsp3) is 0.250. The van der Waals surface area contributed by atoms with Gasteiger partial charge in [-0.25, -0.2) is 12.7 Å². The van der Waals surface area contributed by atoms with Crippen LogP contribution in [0, 0.1) is 0 Å². The molecule has 0 atom stereocenters. The number of nitrogens with zero attached hydrogens (tertiary/aromatic N) is 1. The van der Waals surface area contributed by atoms with Crippen LogP contribution in [0.2, 0.25) is 5.02 Å². The molecule has 6 heteroatoms. The molecule has 0 bridgehead atoms. The molecule has 0 spiro atoms. The van der Waals surface area contributed by atoms with Crippen molar-refractivity contribution >= 4 is 21.6 Å². The van der Waals surface area contributed by atoms with E-state index in [9.17, 15) is 8.42 Å². The average molecular weight is 340 g/mol. The van der Waals surface area contributed by atoms with Crippen molar-refractivity contribution in [2.75, 3.05) is 14.2 Å². The van der Waals surface area contributed by atoms with Crippen LogP contribution in [0.25, 0.3) is 0 Å². The van der Waals surface area contributed by atoms with Gasteiger partial charge in [-0.1, -0.05) is 41.9 Å². The lowest BCUT2D eigenvalue weighted by Gasteiger charge is -2.18. The molecule has 0 fully saturated rings. The quantitative estimate of drug-likeness (QED) is 0.811. The van der Waals surface area contributed by atoms with E-state index in [2.05, 4.69) is 0 Å². The fourth-order valence-corrected chi connectivity index (χ4v) is 3.37. The molecule has 0 heterocycles. The Bertz CT molecular complexity index is 729. The first-order chi connectivity index (χ1) is 10.4. The van der Waals surface area contributed by atoms with Crippen LogP contribution < -0.4 is 4.74 Å². The number of sulfonamides is 1. The van der Waals surface area contributed by atoms with E-state index in [1.807, 2.05) is 24.3 Å². The largest absolute Gasteiger partial charge is 0.496 e. The van der Waals surface area contributed by atoms with Crippen LogP contribution in [0.3, 0.4) is 0 Å². The standard InChI is InChI=1S/C16H18ClNO3S/c1-18(11-14-5-3-4-6-16(14)21-2)22(19,20)12-13-7-9-15(17)10-8-13/h3-10H,11-12H2,1-2H3. The molecule has 22 heavy (non-hydrogen) atoms. The first-order valence-electron chi connectivity index (χ1n) is 6.73. The minimum absolute atomic E-state index is 0.0597. The van der Waals surface area contributed by atoms with Crippen molar-refractivity contribution in [3.63, 3.8) is 0 Å². The van der Waals surface area contributed by atoms with Gasteiger partial charge < -0.3 is 4.74 Å². The topological polar surface area (TPSA) is 46.6 Å². The molecular weight excluding hydrogens is 322 g/mol. The average Bonchev–Trinajstić information content (AvgIpc) is 2.50. The smallest absolute Gasteiger partial charge is 0.218 e. The summed E-state index contributed by atoms with van der Waals surface area (Å²) in [5.41, 5.74) is 1.53. The molecular formula is C16H18ClNO3S. The third kappa shape index (κ3) is 4.22. The molecule has 0 N–H and O–H groups in total. The van der Waals surface area contributed by atoms with E-state index < -0.39 is 10.0 Å². The zero-order chi connectivity index (χ0) is 16.2. The molecule has 0 aromatic heterocycles. The van der Waals surface area contributed by atoms with Gasteiger partial charge in [-0.05, 0) is 23.8 Å². The maximum absolute atomic E-state index is 12.4. The number of rotatable bonds is 6. The van der Waals surface area contributed by atoms with Crippen molar-refractivity contribution in [2.24, 2.45) is 0 Å². The van der Waals surface area contributed by atoms with Crippen molar-refractivity contribution in [1.82, 2.24) is 4.31 Å². The Hall–Kier alpha value is -1.56. The van der Waals surface area contributed by atoms with E-state index in [0.29, 0.717) is 16.3 Å². The molecule has 0 aliphatic rings. The van der Waals surface area contributed by atoms with E-state index in [-0.39, 0.29) is 12.3 Å². The Labute approximate surface area is 136 Å². The van der Waals surface area contributed by atoms with Crippen molar-refractivity contribution in [3.05, 3.63) is 64.7 Å². The zero-order valence-electron chi connectivity index (χ0n) is 12.5. The van der Waals surface area contributed by atoms with Crippen LogP contribution in [0.4, 0.5) is 0 Å². The van der Waals surface area contributed by atoms with Gasteiger partial charge in [-0.2, -0.15) is 0 Å². The van der Waals surface area contributed by atoms with Crippen LogP contribution in [0.15, 0.2) is 48.5 Å². The maximum Gasteiger partial charge on any atom is 0.218 e. The third-order valence-electron chi connectivity index (χ3n) is 3.32. The van der Waals surface area contributed by atoms with Gasteiger partial charge in [0.15, 0.2) is 0 Å². The molecule has 0 aliphatic carbocycles. The van der Waals surface area contributed by atoms with Gasteiger partial charge in [0.25, 0.3) is 0 Å². The van der Waals surface area contributed by atoms with Gasteiger partial charge in [-0.3, -0.25) is 0 Å². The summed E-state index contributed by atoms with van der Waals surface area (Å²) >= 11 is 5.81. The Morgan fingerprint density at radius 3 is 2.36 bits per heavy atom. The van der Waals surface area contributed by atoms with Gasteiger partial charge in [0.2, 0.25) is 10.0 Å². The second kappa shape index (κ2) is 7.13. The Morgan fingerprint density at radius 2 is 1.73 bits per heavy atom. The molecule has 2 rings (SSSR count). The van der Waals surface area contributed by atoms with Gasteiger partial charge in [-0.15, -0.1) is 0 Å². The first-order valence-corrected chi connectivity index (χ1v) is 8.71. The number of hydrogen-bond donors (Lipinski definition) is 0. The highest BCUT2D eigenvalue weighted by Gasteiger charge is 2.20. The monoisotopic (exact) mass is 339 g/mol. The van der Waals surface area contributed by atoms with Crippen LogP contribution in [0.1, 0.15) is 11.1 Å². The Kier molecular flexibility index (Phi) is 5.45. The van der Waals surface area contributed by atoms with Crippen LogP contribution in [0.5, 0.6) is 5.75 Å². The van der Waals surface area contributed by atoms with Crippen LogP contribution >= 0.6 is 11.6 Å². The third-order valence-corrected chi connectivity index (χ3v) is 5.35. The summed E-state index contributed by atoms with van der Waals surface area (Å²) < 4.78 is 31.5. The van der Waals surface area contributed by atoms with E-state index in [4.69, 9.17) is 16.3 Å². The van der Waals surface area contributed by atoms with E-state index in [1.165, 1.54) is 4.31 Å². The molecule has 2 aromatic carbocycles. The van der Waals surface area contributed by atoms with Gasteiger partial charge in [0.05, 0.1) is 12.9 Å². The van der Waals surface area contributed by atoms with Gasteiger partial charge in [0, 0.05) is 24.2 Å². The number of halogens is 1. The highest BCUT2D eigenvalue weighted by molar-refractivity contribution is 7.88. The summed E-state index contributed by atoms with van der Waals surface area (Å²) in [6, 6.07) is 14.2. The fourth-order valence-electron chi connectivity index (χ4n) is 2.07. The predicted octanol–water partition coefficient (Wildman–Crippen LogP) is 3.31.